The van der Waals surface area contributed by atoms with Crippen molar-refractivity contribution in [3.05, 3.63) is 60.2 Å². The Morgan fingerprint density at radius 2 is 1.87 bits per heavy atom. The molecule has 1 aromatic carbocycles. The predicted molar refractivity (Wildman–Crippen MR) is 108 cm³/mol. The first-order valence-corrected chi connectivity index (χ1v) is 9.54. The van der Waals surface area contributed by atoms with Gasteiger partial charge < -0.3 is 10.2 Å². The van der Waals surface area contributed by atoms with E-state index < -0.39 is 5.92 Å². The van der Waals surface area contributed by atoms with Crippen LogP contribution in [0.25, 0.3) is 5.65 Å². The molecule has 6 nitrogen and oxygen atoms in total. The van der Waals surface area contributed by atoms with Crippen molar-refractivity contribution in [2.24, 2.45) is 0 Å². The Bertz CT molecular complexity index is 1010. The van der Waals surface area contributed by atoms with Crippen molar-refractivity contribution in [3.8, 4) is 0 Å². The maximum Gasteiger partial charge on any atom is 0.266 e. The van der Waals surface area contributed by atoms with Gasteiger partial charge >= 0.3 is 0 Å². The number of aromatic nitrogens is 3. The fraction of sp³-hybridized carbons (Fsp3) is 0.381. The molecule has 1 aliphatic rings. The van der Waals surface area contributed by atoms with Crippen LogP contribution in [0.1, 0.15) is 37.6 Å². The van der Waals surface area contributed by atoms with Crippen molar-refractivity contribution in [2.45, 2.75) is 38.7 Å². The number of amides is 1. The lowest BCUT2D eigenvalue weighted by Gasteiger charge is -2.20. The molecule has 1 saturated heterocycles. The zero-order chi connectivity index (χ0) is 21.9. The number of fused-ring (bicyclic) bond motifs is 1. The van der Waals surface area contributed by atoms with Crippen molar-refractivity contribution in [2.75, 3.05) is 18.0 Å². The molecule has 4 rings (SSSR count). The van der Waals surface area contributed by atoms with Crippen LogP contribution in [0.3, 0.4) is 0 Å². The Hall–Kier alpha value is -3.10. The number of hydrogen-bond acceptors (Lipinski definition) is 4. The maximum atomic E-state index is 13.4. The van der Waals surface area contributed by atoms with E-state index in [4.69, 9.17) is 0 Å². The molecule has 3 heterocycles. The molecule has 9 heteroatoms. The predicted octanol–water partition coefficient (Wildman–Crippen LogP) is 3.93. The molecule has 160 valence electrons. The highest BCUT2D eigenvalue weighted by Crippen LogP contribution is 2.30. The van der Waals surface area contributed by atoms with Crippen LogP contribution in [0.2, 0.25) is 0 Å². The first-order valence-electron chi connectivity index (χ1n) is 9.54. The second-order valence-corrected chi connectivity index (χ2v) is 8.14. The molecule has 1 aliphatic heterocycles. The van der Waals surface area contributed by atoms with E-state index in [0.717, 1.165) is 0 Å². The van der Waals surface area contributed by atoms with E-state index in [-0.39, 0.29) is 36.8 Å². The maximum absolute atomic E-state index is 13.4. The lowest BCUT2D eigenvalue weighted by Crippen LogP contribution is -2.40. The third kappa shape index (κ3) is 5.49. The zero-order valence-electron chi connectivity index (χ0n) is 17.1. The van der Waals surface area contributed by atoms with Gasteiger partial charge in [-0.15, -0.1) is 0 Å². The average molecular weight is 419 g/mol. The number of hydrogen-bond donors (Lipinski definition) is 1. The number of rotatable bonds is 2. The van der Waals surface area contributed by atoms with E-state index in [2.05, 4.69) is 15.4 Å². The van der Waals surface area contributed by atoms with Gasteiger partial charge in [-0.3, -0.25) is 4.79 Å². The third-order valence-corrected chi connectivity index (χ3v) is 4.31. The summed E-state index contributed by atoms with van der Waals surface area (Å²) in [7, 11) is 0. The summed E-state index contributed by atoms with van der Waals surface area (Å²) < 4.78 is 40.1. The van der Waals surface area contributed by atoms with Gasteiger partial charge in [0.25, 0.3) is 11.8 Å². The number of carbonyl (C=O) groups excluding carboxylic acids is 1. The number of alkyl halides is 2. The normalized spacial score (nSPS) is 15.6. The van der Waals surface area contributed by atoms with Gasteiger partial charge in [0, 0.05) is 24.7 Å². The van der Waals surface area contributed by atoms with Gasteiger partial charge in [0.1, 0.15) is 17.2 Å². The average Bonchev–Trinajstić information content (AvgIpc) is 3.24. The van der Waals surface area contributed by atoms with E-state index in [1.54, 1.807) is 30.5 Å². The lowest BCUT2D eigenvalue weighted by molar-refractivity contribution is 0.0256. The molecule has 0 atom stereocenters. The molecule has 1 fully saturated rings. The van der Waals surface area contributed by atoms with Crippen LogP contribution in [0.15, 0.2) is 48.8 Å². The Labute approximate surface area is 172 Å². The van der Waals surface area contributed by atoms with E-state index in [0.29, 0.717) is 17.0 Å². The van der Waals surface area contributed by atoms with Gasteiger partial charge in [0.2, 0.25) is 0 Å². The van der Waals surface area contributed by atoms with Crippen LogP contribution >= 0.6 is 0 Å². The Kier molecular flexibility index (Phi) is 6.00. The molecular weight excluding hydrogens is 395 g/mol. The second kappa shape index (κ2) is 8.33. The Morgan fingerprint density at radius 3 is 2.40 bits per heavy atom. The number of benzene rings is 1. The first kappa shape index (κ1) is 21.6. The molecule has 1 amide bonds. The minimum atomic E-state index is -2.69. The van der Waals surface area contributed by atoms with Crippen molar-refractivity contribution in [1.29, 1.82) is 0 Å². The molecular formula is C21H24F3N5O. The summed E-state index contributed by atoms with van der Waals surface area (Å²) in [6.07, 6.45) is 2.88. The van der Waals surface area contributed by atoms with Crippen molar-refractivity contribution in [3.63, 3.8) is 0 Å². The van der Waals surface area contributed by atoms with Gasteiger partial charge in [-0.1, -0.05) is 18.2 Å². The van der Waals surface area contributed by atoms with Crippen molar-refractivity contribution in [1.82, 2.24) is 19.9 Å². The zero-order valence-corrected chi connectivity index (χ0v) is 17.1. The Morgan fingerprint density at radius 1 is 1.17 bits per heavy atom. The summed E-state index contributed by atoms with van der Waals surface area (Å²) in [5.41, 5.74) is 0.298. The topological polar surface area (TPSA) is 62.5 Å². The SMILES string of the molecule is CC(C)(C)NC(=O)c1cnn2ccc(N3CCC(F)(F)C3)nc12.Fc1ccccc1. The van der Waals surface area contributed by atoms with Crippen LogP contribution in [0, 0.1) is 5.82 Å². The van der Waals surface area contributed by atoms with Crippen LogP contribution < -0.4 is 10.2 Å². The number of halogens is 3. The van der Waals surface area contributed by atoms with Crippen molar-refractivity contribution < 1.29 is 18.0 Å². The van der Waals surface area contributed by atoms with Gasteiger partial charge in [0.05, 0.1) is 12.7 Å². The van der Waals surface area contributed by atoms with E-state index >= 15 is 0 Å². The molecule has 3 aromatic rings. The molecule has 0 radical (unpaired) electrons. The fourth-order valence-corrected chi connectivity index (χ4v) is 2.95. The lowest BCUT2D eigenvalue weighted by atomic mass is 10.1. The summed E-state index contributed by atoms with van der Waals surface area (Å²) in [6.45, 7) is 5.52. The smallest absolute Gasteiger partial charge is 0.266 e. The molecule has 2 aromatic heterocycles. The summed E-state index contributed by atoms with van der Waals surface area (Å²) >= 11 is 0. The molecule has 0 bridgehead atoms. The second-order valence-electron chi connectivity index (χ2n) is 8.14. The van der Waals surface area contributed by atoms with Gasteiger partial charge in [-0.2, -0.15) is 5.10 Å². The summed E-state index contributed by atoms with van der Waals surface area (Å²) in [4.78, 5) is 18.2. The summed E-state index contributed by atoms with van der Waals surface area (Å²) in [6, 6.07) is 9.57. The first-order chi connectivity index (χ1) is 14.0. The monoisotopic (exact) mass is 419 g/mol. The molecule has 0 unspecified atom stereocenters. The van der Waals surface area contributed by atoms with E-state index in [1.165, 1.54) is 27.7 Å². The molecule has 0 saturated carbocycles. The highest BCUT2D eigenvalue weighted by atomic mass is 19.3. The van der Waals surface area contributed by atoms with Crippen LogP contribution in [-0.2, 0) is 0 Å². The molecule has 0 spiro atoms. The fourth-order valence-electron chi connectivity index (χ4n) is 2.95. The molecule has 30 heavy (non-hydrogen) atoms. The molecule has 0 aliphatic carbocycles. The van der Waals surface area contributed by atoms with Gasteiger partial charge in [-0.05, 0) is 39.0 Å². The van der Waals surface area contributed by atoms with E-state index in [1.807, 2.05) is 20.8 Å². The van der Waals surface area contributed by atoms with Crippen LogP contribution in [-0.4, -0.2) is 45.1 Å². The minimum Gasteiger partial charge on any atom is -0.350 e. The minimum absolute atomic E-state index is 0.178. The van der Waals surface area contributed by atoms with Crippen LogP contribution in [0.4, 0.5) is 19.0 Å². The highest BCUT2D eigenvalue weighted by Gasteiger charge is 2.38. The standard InChI is InChI=1S/C15H19F2N5O.C6H5F/c1-14(2,3)20-13(23)10-8-18-22-6-4-11(19-12(10)22)21-7-5-15(16,17)9-21;7-6-4-2-1-3-5-6/h4,6,8H,5,7,9H2,1-3H3,(H,20,23);1-5H. The quantitative estimate of drug-likeness (QED) is 0.684. The van der Waals surface area contributed by atoms with Gasteiger partial charge in [-0.25, -0.2) is 22.7 Å². The third-order valence-electron chi connectivity index (χ3n) is 4.31. The summed E-state index contributed by atoms with van der Waals surface area (Å²) in [5, 5.41) is 6.94. The van der Waals surface area contributed by atoms with Gasteiger partial charge in [0.15, 0.2) is 5.65 Å². The van der Waals surface area contributed by atoms with Crippen molar-refractivity contribution >= 4 is 17.4 Å². The number of nitrogens with zero attached hydrogens (tertiary/aromatic N) is 4. The van der Waals surface area contributed by atoms with Crippen LogP contribution in [0.5, 0.6) is 0 Å². The number of anilines is 1. The Balaban J connectivity index is 0.000000310. The number of nitrogens with one attached hydrogen (secondary N) is 1. The molecule has 1 N–H and O–H groups in total. The summed E-state index contributed by atoms with van der Waals surface area (Å²) in [5.74, 6) is -2.73. The van der Waals surface area contributed by atoms with E-state index in [9.17, 15) is 18.0 Å². The highest BCUT2D eigenvalue weighted by molar-refractivity contribution is 6.00. The number of carbonyl (C=O) groups is 1. The largest absolute Gasteiger partial charge is 0.350 e.